The van der Waals surface area contributed by atoms with Crippen molar-refractivity contribution in [1.82, 2.24) is 25.2 Å². The lowest BCUT2D eigenvalue weighted by Crippen LogP contribution is -2.14. The van der Waals surface area contributed by atoms with Crippen molar-refractivity contribution in [3.8, 4) is 22.9 Å². The van der Waals surface area contributed by atoms with Crippen molar-refractivity contribution >= 4 is 44.4 Å². The molecule has 4 aromatic rings. The van der Waals surface area contributed by atoms with E-state index in [0.29, 0.717) is 34.1 Å². The first-order valence-electron chi connectivity index (χ1n) is 9.57. The first-order valence-corrected chi connectivity index (χ1v) is 11.4. The summed E-state index contributed by atoms with van der Waals surface area (Å²) in [6.07, 6.45) is 0. The van der Waals surface area contributed by atoms with E-state index in [2.05, 4.69) is 25.8 Å². The predicted molar refractivity (Wildman–Crippen MR) is 122 cm³/mol. The van der Waals surface area contributed by atoms with E-state index in [1.807, 2.05) is 25.1 Å². The number of thioether (sulfide) groups is 1. The molecule has 12 heteroatoms. The third-order valence-corrected chi connectivity index (χ3v) is 6.12. The number of amides is 1. The first-order chi connectivity index (χ1) is 15.6. The topological polar surface area (TPSA) is 113 Å². The highest BCUT2D eigenvalue weighted by Crippen LogP contribution is 2.30. The van der Waals surface area contributed by atoms with Crippen LogP contribution in [0, 0.1) is 0 Å². The van der Waals surface area contributed by atoms with Gasteiger partial charge in [-0.25, -0.2) is 4.98 Å². The fraction of sp³-hybridized carbons (Fsp3) is 0.250. The Morgan fingerprint density at radius 3 is 2.62 bits per heavy atom. The molecule has 0 aliphatic rings. The highest BCUT2D eigenvalue weighted by Gasteiger charge is 2.15. The Bertz CT molecular complexity index is 1220. The van der Waals surface area contributed by atoms with E-state index in [9.17, 15) is 4.79 Å². The number of aromatic nitrogens is 5. The Labute approximate surface area is 191 Å². The summed E-state index contributed by atoms with van der Waals surface area (Å²) >= 11 is 2.60. The molecular formula is C20H20N6O4S2. The van der Waals surface area contributed by atoms with Crippen molar-refractivity contribution in [2.24, 2.45) is 0 Å². The number of ether oxygens (including phenoxy) is 3. The van der Waals surface area contributed by atoms with Crippen LogP contribution in [0.15, 0.2) is 41.6 Å². The lowest BCUT2D eigenvalue weighted by Gasteiger charge is -2.09. The number of methoxy groups -OCH3 is 2. The average molecular weight is 473 g/mol. The van der Waals surface area contributed by atoms with Crippen LogP contribution in [0.3, 0.4) is 0 Å². The van der Waals surface area contributed by atoms with E-state index in [1.165, 1.54) is 27.8 Å². The molecule has 0 aliphatic heterocycles. The van der Waals surface area contributed by atoms with E-state index in [4.69, 9.17) is 14.2 Å². The summed E-state index contributed by atoms with van der Waals surface area (Å²) in [5.41, 5.74) is 1.46. The Hall–Kier alpha value is -3.38. The highest BCUT2D eigenvalue weighted by atomic mass is 32.2. The Morgan fingerprint density at radius 1 is 1.12 bits per heavy atom. The zero-order valence-corrected chi connectivity index (χ0v) is 19.2. The molecular weight excluding hydrogens is 452 g/mol. The van der Waals surface area contributed by atoms with E-state index in [0.717, 1.165) is 16.0 Å². The van der Waals surface area contributed by atoms with Gasteiger partial charge in [-0.3, -0.25) is 4.79 Å². The van der Waals surface area contributed by atoms with Crippen LogP contribution >= 0.6 is 23.1 Å². The van der Waals surface area contributed by atoms with Gasteiger partial charge in [-0.2, -0.15) is 4.68 Å². The minimum atomic E-state index is -0.211. The molecule has 0 saturated heterocycles. The number of nitrogens with zero attached hydrogens (tertiary/aromatic N) is 5. The van der Waals surface area contributed by atoms with Gasteiger partial charge in [0.2, 0.25) is 11.1 Å². The van der Waals surface area contributed by atoms with E-state index in [1.54, 1.807) is 32.4 Å². The number of hydrogen-bond donors (Lipinski definition) is 1. The Balaban J connectivity index is 1.43. The van der Waals surface area contributed by atoms with E-state index >= 15 is 0 Å². The zero-order valence-electron chi connectivity index (χ0n) is 17.6. The average Bonchev–Trinajstić information content (AvgIpc) is 3.43. The summed E-state index contributed by atoms with van der Waals surface area (Å²) in [5.74, 6) is 1.88. The molecule has 0 bridgehead atoms. The molecule has 2 aromatic heterocycles. The number of nitrogens with one attached hydrogen (secondary N) is 1. The van der Waals surface area contributed by atoms with Gasteiger partial charge in [0.25, 0.3) is 0 Å². The zero-order chi connectivity index (χ0) is 22.5. The van der Waals surface area contributed by atoms with Gasteiger partial charge in [0.15, 0.2) is 5.13 Å². The van der Waals surface area contributed by atoms with Gasteiger partial charge >= 0.3 is 0 Å². The van der Waals surface area contributed by atoms with Crippen molar-refractivity contribution in [3.05, 3.63) is 36.4 Å². The maximum Gasteiger partial charge on any atom is 0.236 e. The number of rotatable bonds is 9. The Kier molecular flexibility index (Phi) is 6.71. The quantitative estimate of drug-likeness (QED) is 0.366. The lowest BCUT2D eigenvalue weighted by atomic mass is 10.3. The SMILES string of the molecule is CCOc1ccc2nc(NC(=O)CSc3nnnn3-c3cc(OC)cc(OC)c3)sc2c1. The molecule has 0 unspecified atom stereocenters. The molecule has 0 saturated carbocycles. The largest absolute Gasteiger partial charge is 0.497 e. The molecule has 0 aliphatic carbocycles. The van der Waals surface area contributed by atoms with Gasteiger partial charge in [0.1, 0.15) is 17.2 Å². The van der Waals surface area contributed by atoms with Crippen molar-refractivity contribution < 1.29 is 19.0 Å². The van der Waals surface area contributed by atoms with Crippen molar-refractivity contribution in [2.75, 3.05) is 31.9 Å². The van der Waals surface area contributed by atoms with Crippen LogP contribution in [0.5, 0.6) is 17.2 Å². The fourth-order valence-corrected chi connectivity index (χ4v) is 4.45. The molecule has 0 fully saturated rings. The number of fused-ring (bicyclic) bond motifs is 1. The summed E-state index contributed by atoms with van der Waals surface area (Å²) in [6.45, 7) is 2.52. The fourth-order valence-electron chi connectivity index (χ4n) is 2.85. The molecule has 1 amide bonds. The van der Waals surface area contributed by atoms with Crippen LogP contribution in [0.1, 0.15) is 6.92 Å². The van der Waals surface area contributed by atoms with Crippen LogP contribution in [-0.2, 0) is 4.79 Å². The van der Waals surface area contributed by atoms with Crippen LogP contribution in [0.2, 0.25) is 0 Å². The van der Waals surface area contributed by atoms with E-state index in [-0.39, 0.29) is 11.7 Å². The molecule has 4 rings (SSSR count). The number of anilines is 1. The van der Waals surface area contributed by atoms with Gasteiger partial charge in [-0.05, 0) is 35.5 Å². The summed E-state index contributed by atoms with van der Waals surface area (Å²) in [7, 11) is 3.13. The molecule has 2 heterocycles. The Morgan fingerprint density at radius 2 is 1.91 bits per heavy atom. The number of benzene rings is 2. The smallest absolute Gasteiger partial charge is 0.236 e. The molecule has 0 radical (unpaired) electrons. The van der Waals surface area contributed by atoms with Crippen LogP contribution in [-0.4, -0.2) is 57.7 Å². The van der Waals surface area contributed by atoms with E-state index < -0.39 is 0 Å². The van der Waals surface area contributed by atoms with Gasteiger partial charge in [-0.15, -0.1) is 5.10 Å². The second-order valence-electron chi connectivity index (χ2n) is 6.36. The van der Waals surface area contributed by atoms with Crippen molar-refractivity contribution in [3.63, 3.8) is 0 Å². The first kappa shape index (κ1) is 21.8. The second-order valence-corrected chi connectivity index (χ2v) is 8.34. The van der Waals surface area contributed by atoms with Gasteiger partial charge in [0, 0.05) is 18.2 Å². The summed E-state index contributed by atoms with van der Waals surface area (Å²) < 4.78 is 18.6. The van der Waals surface area contributed by atoms with Gasteiger partial charge in [-0.1, -0.05) is 23.1 Å². The maximum absolute atomic E-state index is 12.5. The standard InChI is InChI=1S/C20H20N6O4S2/c1-4-30-13-5-6-16-17(10-13)32-19(21-16)22-18(27)11-31-20-23-24-25-26(20)12-7-14(28-2)9-15(8-12)29-3/h5-10H,4,11H2,1-3H3,(H,21,22,27). The van der Waals surface area contributed by atoms with Gasteiger partial charge < -0.3 is 19.5 Å². The molecule has 1 N–H and O–H groups in total. The number of hydrogen-bond acceptors (Lipinski definition) is 10. The lowest BCUT2D eigenvalue weighted by molar-refractivity contribution is -0.113. The van der Waals surface area contributed by atoms with Crippen LogP contribution in [0.25, 0.3) is 15.9 Å². The molecule has 0 spiro atoms. The summed E-state index contributed by atoms with van der Waals surface area (Å²) in [4.78, 5) is 16.9. The van der Waals surface area contributed by atoms with Crippen molar-refractivity contribution in [2.45, 2.75) is 12.1 Å². The third kappa shape index (κ3) is 4.92. The number of tetrazole rings is 1. The molecule has 32 heavy (non-hydrogen) atoms. The number of carbonyl (C=O) groups is 1. The van der Waals surface area contributed by atoms with Crippen molar-refractivity contribution in [1.29, 1.82) is 0 Å². The molecule has 166 valence electrons. The van der Waals surface area contributed by atoms with Crippen LogP contribution < -0.4 is 19.5 Å². The predicted octanol–water partition coefficient (Wildman–Crippen LogP) is 3.42. The summed E-state index contributed by atoms with van der Waals surface area (Å²) in [5, 5.41) is 15.6. The monoisotopic (exact) mass is 472 g/mol. The number of carbonyl (C=O) groups excluding carboxylic acids is 1. The molecule has 10 nitrogen and oxygen atoms in total. The number of thiazole rings is 1. The normalized spacial score (nSPS) is 10.8. The maximum atomic E-state index is 12.5. The molecule has 2 aromatic carbocycles. The third-order valence-electron chi connectivity index (χ3n) is 4.27. The van der Waals surface area contributed by atoms with Crippen LogP contribution in [0.4, 0.5) is 5.13 Å². The summed E-state index contributed by atoms with van der Waals surface area (Å²) in [6, 6.07) is 11.0. The molecule has 0 atom stereocenters. The van der Waals surface area contributed by atoms with Gasteiger partial charge in [0.05, 0.1) is 42.5 Å². The minimum absolute atomic E-state index is 0.113. The second kappa shape index (κ2) is 9.83. The highest BCUT2D eigenvalue weighted by molar-refractivity contribution is 7.99. The minimum Gasteiger partial charge on any atom is -0.497 e.